The predicted octanol–water partition coefficient (Wildman–Crippen LogP) is -0.416. The molecule has 1 aliphatic rings. The predicted molar refractivity (Wildman–Crippen MR) is 88.7 cm³/mol. The first kappa shape index (κ1) is 22.1. The average molecular weight is 385 g/mol. The van der Waals surface area contributed by atoms with Crippen molar-refractivity contribution in [3.8, 4) is 0 Å². The number of carbonyl (C=O) groups is 6. The van der Waals surface area contributed by atoms with E-state index in [1.165, 1.54) is 0 Å². The Bertz CT molecular complexity index is 622. The van der Waals surface area contributed by atoms with Crippen molar-refractivity contribution in [2.24, 2.45) is 0 Å². The first-order valence-corrected chi connectivity index (χ1v) is 8.30. The van der Waals surface area contributed by atoms with Crippen LogP contribution in [0.15, 0.2) is 0 Å². The van der Waals surface area contributed by atoms with Crippen LogP contribution in [0.4, 0.5) is 4.79 Å². The largest absolute Gasteiger partial charge is 0.444 e. The highest BCUT2D eigenvalue weighted by atomic mass is 16.7. The molecule has 1 fully saturated rings. The Kier molecular flexibility index (Phi) is 7.88. The Morgan fingerprint density at radius 2 is 1.56 bits per heavy atom. The number of alkyl carbamates (subject to hydrolysis) is 1. The molecule has 1 saturated heterocycles. The van der Waals surface area contributed by atoms with Crippen LogP contribution < -0.4 is 10.6 Å². The number of rotatable bonds is 8. The van der Waals surface area contributed by atoms with E-state index in [4.69, 9.17) is 4.74 Å². The highest BCUT2D eigenvalue weighted by molar-refractivity contribution is 6.01. The van der Waals surface area contributed by atoms with Crippen molar-refractivity contribution >= 4 is 35.6 Å². The van der Waals surface area contributed by atoms with E-state index >= 15 is 0 Å². The molecule has 2 N–H and O–H groups in total. The molecule has 150 valence electrons. The molecular weight excluding hydrogens is 362 g/mol. The van der Waals surface area contributed by atoms with Crippen molar-refractivity contribution in [3.05, 3.63) is 0 Å². The van der Waals surface area contributed by atoms with Crippen LogP contribution in [-0.2, 0) is 33.5 Å². The molecule has 0 atom stereocenters. The van der Waals surface area contributed by atoms with Gasteiger partial charge in [0.15, 0.2) is 5.78 Å². The van der Waals surface area contributed by atoms with E-state index in [1.54, 1.807) is 20.8 Å². The van der Waals surface area contributed by atoms with Crippen LogP contribution in [0, 0.1) is 0 Å². The SMILES string of the molecule is CC(C)(C)OC(=O)NCC(=O)CCC(=O)NCC(=O)ON1C(=O)CCC1=O. The third-order valence-corrected chi connectivity index (χ3v) is 3.09. The molecule has 0 unspecified atom stereocenters. The van der Waals surface area contributed by atoms with Gasteiger partial charge < -0.3 is 20.2 Å². The average Bonchev–Trinajstić information content (AvgIpc) is 2.86. The number of amides is 4. The number of hydrogen-bond acceptors (Lipinski definition) is 8. The lowest BCUT2D eigenvalue weighted by Gasteiger charge is -2.19. The number of ether oxygens (including phenoxy) is 1. The molecule has 4 amide bonds. The molecular formula is C16H23N3O8. The summed E-state index contributed by atoms with van der Waals surface area (Å²) in [4.78, 5) is 73.3. The maximum Gasteiger partial charge on any atom is 0.408 e. The molecule has 0 spiro atoms. The Labute approximate surface area is 155 Å². The standard InChI is InChI=1S/C16H23N3O8/c1-16(2,3)26-15(25)18-8-10(20)4-5-11(21)17-9-14(24)27-19-12(22)6-7-13(19)23/h4-9H2,1-3H3,(H,17,21)(H,18,25). The van der Waals surface area contributed by atoms with Crippen LogP contribution in [0.5, 0.6) is 0 Å². The van der Waals surface area contributed by atoms with Gasteiger partial charge in [0.25, 0.3) is 11.8 Å². The van der Waals surface area contributed by atoms with Crippen molar-refractivity contribution in [2.75, 3.05) is 13.1 Å². The van der Waals surface area contributed by atoms with E-state index < -0.39 is 47.7 Å². The molecule has 0 aromatic heterocycles. The van der Waals surface area contributed by atoms with Crippen LogP contribution in [0.3, 0.4) is 0 Å². The zero-order valence-corrected chi connectivity index (χ0v) is 15.5. The minimum atomic E-state index is -0.982. The summed E-state index contributed by atoms with van der Waals surface area (Å²) in [7, 11) is 0. The Hall–Kier alpha value is -2.98. The molecule has 11 heteroatoms. The number of ketones is 1. The van der Waals surface area contributed by atoms with Crippen LogP contribution >= 0.6 is 0 Å². The summed E-state index contributed by atoms with van der Waals surface area (Å²) in [6.45, 7) is 4.20. The fourth-order valence-electron chi connectivity index (χ4n) is 1.88. The highest BCUT2D eigenvalue weighted by Gasteiger charge is 2.32. The van der Waals surface area contributed by atoms with Gasteiger partial charge in [0.05, 0.1) is 6.54 Å². The third-order valence-electron chi connectivity index (χ3n) is 3.09. The van der Waals surface area contributed by atoms with Crippen LogP contribution in [0.2, 0.25) is 0 Å². The summed E-state index contributed by atoms with van der Waals surface area (Å²) >= 11 is 0. The van der Waals surface area contributed by atoms with Crippen LogP contribution in [0.25, 0.3) is 0 Å². The van der Waals surface area contributed by atoms with Gasteiger partial charge in [-0.15, -0.1) is 5.06 Å². The second-order valence-electron chi connectivity index (χ2n) is 6.72. The van der Waals surface area contributed by atoms with E-state index in [0.29, 0.717) is 5.06 Å². The summed E-state index contributed by atoms with van der Waals surface area (Å²) in [5, 5.41) is 4.86. The zero-order chi connectivity index (χ0) is 20.6. The molecule has 27 heavy (non-hydrogen) atoms. The Morgan fingerprint density at radius 3 is 2.11 bits per heavy atom. The van der Waals surface area contributed by atoms with Crippen molar-refractivity contribution in [1.82, 2.24) is 15.7 Å². The molecule has 1 heterocycles. The van der Waals surface area contributed by atoms with Crippen molar-refractivity contribution in [3.63, 3.8) is 0 Å². The van der Waals surface area contributed by atoms with E-state index in [-0.39, 0.29) is 32.2 Å². The number of nitrogens with one attached hydrogen (secondary N) is 2. The summed E-state index contributed by atoms with van der Waals surface area (Å²) in [6, 6.07) is 0. The second kappa shape index (κ2) is 9.64. The van der Waals surface area contributed by atoms with Gasteiger partial charge in [0, 0.05) is 25.7 Å². The summed E-state index contributed by atoms with van der Waals surface area (Å²) < 4.78 is 4.96. The molecule has 0 aliphatic carbocycles. The smallest absolute Gasteiger partial charge is 0.408 e. The molecule has 1 rings (SSSR count). The molecule has 0 radical (unpaired) electrons. The summed E-state index contributed by atoms with van der Waals surface area (Å²) in [5.74, 6) is -3.22. The van der Waals surface area contributed by atoms with Crippen molar-refractivity contribution < 1.29 is 38.3 Å². The lowest BCUT2D eigenvalue weighted by atomic mass is 10.2. The number of carbonyl (C=O) groups excluding carboxylic acids is 6. The first-order chi connectivity index (χ1) is 12.5. The summed E-state index contributed by atoms with van der Waals surface area (Å²) in [6.07, 6.45) is -1.16. The third kappa shape index (κ3) is 8.79. The van der Waals surface area contributed by atoms with Crippen molar-refractivity contribution in [2.45, 2.75) is 52.1 Å². The van der Waals surface area contributed by atoms with Gasteiger partial charge >= 0.3 is 12.1 Å². The van der Waals surface area contributed by atoms with Gasteiger partial charge in [-0.05, 0) is 20.8 Å². The van der Waals surface area contributed by atoms with Crippen LogP contribution in [-0.4, -0.2) is 59.3 Å². The lowest BCUT2D eigenvalue weighted by molar-refractivity contribution is -0.196. The van der Waals surface area contributed by atoms with Gasteiger partial charge in [-0.2, -0.15) is 0 Å². The zero-order valence-electron chi connectivity index (χ0n) is 15.5. The quantitative estimate of drug-likeness (QED) is 0.535. The maximum absolute atomic E-state index is 11.6. The molecule has 0 aromatic rings. The minimum absolute atomic E-state index is 0.0298. The second-order valence-corrected chi connectivity index (χ2v) is 6.72. The van der Waals surface area contributed by atoms with E-state index in [1.807, 2.05) is 0 Å². The topological polar surface area (TPSA) is 148 Å². The van der Waals surface area contributed by atoms with Crippen LogP contribution in [0.1, 0.15) is 46.5 Å². The first-order valence-electron chi connectivity index (χ1n) is 8.30. The van der Waals surface area contributed by atoms with Crippen molar-refractivity contribution in [1.29, 1.82) is 0 Å². The fourth-order valence-corrected chi connectivity index (χ4v) is 1.88. The Morgan fingerprint density at radius 1 is 0.963 bits per heavy atom. The highest BCUT2D eigenvalue weighted by Crippen LogP contribution is 2.11. The Balaban J connectivity index is 2.20. The number of imide groups is 1. The van der Waals surface area contributed by atoms with Gasteiger partial charge in [-0.3, -0.25) is 19.2 Å². The summed E-state index contributed by atoms with van der Waals surface area (Å²) in [5.41, 5.74) is -0.689. The number of hydrogen-bond donors (Lipinski definition) is 2. The van der Waals surface area contributed by atoms with Gasteiger partial charge in [-0.25, -0.2) is 9.59 Å². The lowest BCUT2D eigenvalue weighted by Crippen LogP contribution is -2.38. The molecule has 0 saturated carbocycles. The number of nitrogens with zero attached hydrogens (tertiary/aromatic N) is 1. The maximum atomic E-state index is 11.6. The van der Waals surface area contributed by atoms with Gasteiger partial charge in [0.1, 0.15) is 12.1 Å². The number of hydroxylamine groups is 2. The minimum Gasteiger partial charge on any atom is -0.444 e. The molecule has 11 nitrogen and oxygen atoms in total. The normalized spacial score (nSPS) is 14.0. The van der Waals surface area contributed by atoms with E-state index in [0.717, 1.165) is 0 Å². The molecule has 0 bridgehead atoms. The molecule has 1 aliphatic heterocycles. The van der Waals surface area contributed by atoms with E-state index in [9.17, 15) is 28.8 Å². The van der Waals surface area contributed by atoms with E-state index in [2.05, 4.69) is 15.5 Å². The fraction of sp³-hybridized carbons (Fsp3) is 0.625. The monoisotopic (exact) mass is 385 g/mol. The molecule has 0 aromatic carbocycles. The van der Waals surface area contributed by atoms with Gasteiger partial charge in [0.2, 0.25) is 5.91 Å². The number of Topliss-reactive ketones (excluding diaryl/α,β-unsaturated/α-hetero) is 1. The van der Waals surface area contributed by atoms with Gasteiger partial charge in [-0.1, -0.05) is 0 Å².